The van der Waals surface area contributed by atoms with Gasteiger partial charge in [-0.2, -0.15) is 0 Å². The predicted molar refractivity (Wildman–Crippen MR) is 57.9 cm³/mol. The second kappa shape index (κ2) is 4.19. The SMILES string of the molecule is O=Cc1ccc(-c2cc(Cl)ncn2)cc1. The molecule has 2 aromatic rings. The van der Waals surface area contributed by atoms with Gasteiger partial charge in [-0.15, -0.1) is 0 Å². The molecule has 15 heavy (non-hydrogen) atoms. The molecule has 0 aliphatic rings. The molecule has 4 heteroatoms. The lowest BCUT2D eigenvalue weighted by Gasteiger charge is -2.00. The van der Waals surface area contributed by atoms with Crippen molar-refractivity contribution in [1.29, 1.82) is 0 Å². The first-order valence-electron chi connectivity index (χ1n) is 4.33. The van der Waals surface area contributed by atoms with Gasteiger partial charge in [-0.3, -0.25) is 4.79 Å². The molecule has 0 saturated carbocycles. The Kier molecular flexibility index (Phi) is 2.74. The van der Waals surface area contributed by atoms with Gasteiger partial charge in [-0.1, -0.05) is 35.9 Å². The van der Waals surface area contributed by atoms with Gasteiger partial charge in [0.15, 0.2) is 0 Å². The highest BCUT2D eigenvalue weighted by atomic mass is 35.5. The topological polar surface area (TPSA) is 42.9 Å². The van der Waals surface area contributed by atoms with Crippen LogP contribution in [0.15, 0.2) is 36.7 Å². The molecule has 2 rings (SSSR count). The van der Waals surface area contributed by atoms with Gasteiger partial charge >= 0.3 is 0 Å². The van der Waals surface area contributed by atoms with Gasteiger partial charge < -0.3 is 0 Å². The average Bonchev–Trinajstić information content (AvgIpc) is 2.29. The maximum atomic E-state index is 10.5. The van der Waals surface area contributed by atoms with E-state index < -0.39 is 0 Å². The third-order valence-electron chi connectivity index (χ3n) is 1.98. The molecule has 0 radical (unpaired) electrons. The highest BCUT2D eigenvalue weighted by Gasteiger charge is 2.00. The summed E-state index contributed by atoms with van der Waals surface area (Å²) in [5.41, 5.74) is 2.29. The number of nitrogens with zero attached hydrogens (tertiary/aromatic N) is 2. The van der Waals surface area contributed by atoms with Crippen molar-refractivity contribution >= 4 is 17.9 Å². The van der Waals surface area contributed by atoms with Gasteiger partial charge in [-0.25, -0.2) is 9.97 Å². The number of rotatable bonds is 2. The van der Waals surface area contributed by atoms with E-state index in [0.717, 1.165) is 17.5 Å². The normalized spacial score (nSPS) is 9.93. The number of halogens is 1. The zero-order valence-electron chi connectivity index (χ0n) is 7.72. The van der Waals surface area contributed by atoms with Crippen LogP contribution in [0.2, 0.25) is 5.15 Å². The highest BCUT2D eigenvalue weighted by Crippen LogP contribution is 2.18. The maximum Gasteiger partial charge on any atom is 0.150 e. The minimum atomic E-state index is 0.402. The lowest BCUT2D eigenvalue weighted by molar-refractivity contribution is 0.112. The van der Waals surface area contributed by atoms with Gasteiger partial charge in [0, 0.05) is 17.2 Å². The second-order valence-corrected chi connectivity index (χ2v) is 3.35. The molecule has 0 saturated heterocycles. The molecule has 0 N–H and O–H groups in total. The zero-order valence-corrected chi connectivity index (χ0v) is 8.48. The van der Waals surface area contributed by atoms with Gasteiger partial charge in [0.2, 0.25) is 0 Å². The summed E-state index contributed by atoms with van der Waals surface area (Å²) in [6.45, 7) is 0. The zero-order chi connectivity index (χ0) is 10.7. The van der Waals surface area contributed by atoms with Crippen LogP contribution < -0.4 is 0 Å². The van der Waals surface area contributed by atoms with Crippen LogP contribution in [0.4, 0.5) is 0 Å². The van der Waals surface area contributed by atoms with Crippen molar-refractivity contribution in [3.05, 3.63) is 47.4 Å². The predicted octanol–water partition coefficient (Wildman–Crippen LogP) is 2.61. The van der Waals surface area contributed by atoms with Gasteiger partial charge in [-0.05, 0) is 0 Å². The summed E-state index contributed by atoms with van der Waals surface area (Å²) in [5, 5.41) is 0.402. The largest absolute Gasteiger partial charge is 0.298 e. The van der Waals surface area contributed by atoms with Crippen molar-refractivity contribution < 1.29 is 4.79 Å². The van der Waals surface area contributed by atoms with Gasteiger partial charge in [0.25, 0.3) is 0 Å². The quantitative estimate of drug-likeness (QED) is 0.575. The molecule has 3 nitrogen and oxygen atoms in total. The van der Waals surface area contributed by atoms with Crippen molar-refractivity contribution in [2.24, 2.45) is 0 Å². The van der Waals surface area contributed by atoms with E-state index in [0.29, 0.717) is 10.7 Å². The van der Waals surface area contributed by atoms with Crippen LogP contribution in [0, 0.1) is 0 Å². The minimum Gasteiger partial charge on any atom is -0.298 e. The van der Waals surface area contributed by atoms with E-state index in [-0.39, 0.29) is 0 Å². The maximum absolute atomic E-state index is 10.5. The third kappa shape index (κ3) is 2.19. The molecule has 0 spiro atoms. The van der Waals surface area contributed by atoms with E-state index in [4.69, 9.17) is 11.6 Å². The first-order chi connectivity index (χ1) is 7.29. The number of benzene rings is 1. The van der Waals surface area contributed by atoms with E-state index >= 15 is 0 Å². The van der Waals surface area contributed by atoms with Crippen molar-refractivity contribution in [3.8, 4) is 11.3 Å². The van der Waals surface area contributed by atoms with Gasteiger partial charge in [0.05, 0.1) is 5.69 Å². The minimum absolute atomic E-state index is 0.402. The number of carbonyl (C=O) groups excluding carboxylic acids is 1. The lowest BCUT2D eigenvalue weighted by atomic mass is 10.1. The fourth-order valence-corrected chi connectivity index (χ4v) is 1.37. The van der Waals surface area contributed by atoms with Crippen molar-refractivity contribution in [2.45, 2.75) is 0 Å². The van der Waals surface area contributed by atoms with Crippen LogP contribution in [0.5, 0.6) is 0 Å². The number of hydrogen-bond acceptors (Lipinski definition) is 3. The summed E-state index contributed by atoms with van der Waals surface area (Å²) in [4.78, 5) is 18.3. The van der Waals surface area contributed by atoms with Crippen molar-refractivity contribution in [3.63, 3.8) is 0 Å². The van der Waals surface area contributed by atoms with Crippen LogP contribution in [0.3, 0.4) is 0 Å². The van der Waals surface area contributed by atoms with Crippen LogP contribution in [0.25, 0.3) is 11.3 Å². The van der Waals surface area contributed by atoms with Crippen molar-refractivity contribution in [1.82, 2.24) is 9.97 Å². The smallest absolute Gasteiger partial charge is 0.150 e. The molecule has 1 aromatic heterocycles. The molecule has 0 bridgehead atoms. The van der Waals surface area contributed by atoms with E-state index in [1.54, 1.807) is 18.2 Å². The number of carbonyl (C=O) groups is 1. The first-order valence-corrected chi connectivity index (χ1v) is 4.70. The third-order valence-corrected chi connectivity index (χ3v) is 2.18. The Morgan fingerprint density at radius 1 is 1.13 bits per heavy atom. The Morgan fingerprint density at radius 2 is 1.87 bits per heavy atom. The Morgan fingerprint density at radius 3 is 2.47 bits per heavy atom. The standard InChI is InChI=1S/C11H7ClN2O/c12-11-5-10(13-7-14-11)9-3-1-8(6-15)2-4-9/h1-7H. The average molecular weight is 219 g/mol. The van der Waals surface area contributed by atoms with E-state index in [1.807, 2.05) is 12.1 Å². The first kappa shape index (κ1) is 9.80. The summed E-state index contributed by atoms with van der Waals surface area (Å²) < 4.78 is 0. The molecule has 0 amide bonds. The summed E-state index contributed by atoms with van der Waals surface area (Å²) in [6.07, 6.45) is 2.21. The summed E-state index contributed by atoms with van der Waals surface area (Å²) in [7, 11) is 0. The number of aldehydes is 1. The summed E-state index contributed by atoms with van der Waals surface area (Å²) >= 11 is 5.75. The van der Waals surface area contributed by atoms with Crippen LogP contribution in [0.1, 0.15) is 10.4 Å². The molecule has 0 atom stereocenters. The molecular weight excluding hydrogens is 212 g/mol. The molecule has 74 valence electrons. The summed E-state index contributed by atoms with van der Waals surface area (Å²) in [5.74, 6) is 0. The molecule has 0 aliphatic heterocycles. The molecular formula is C11H7ClN2O. The van der Waals surface area contributed by atoms with E-state index in [1.165, 1.54) is 6.33 Å². The van der Waals surface area contributed by atoms with E-state index in [2.05, 4.69) is 9.97 Å². The van der Waals surface area contributed by atoms with Crippen LogP contribution in [-0.2, 0) is 0 Å². The second-order valence-electron chi connectivity index (χ2n) is 2.97. The molecule has 1 heterocycles. The van der Waals surface area contributed by atoms with Crippen LogP contribution >= 0.6 is 11.6 Å². The molecule has 0 unspecified atom stereocenters. The Balaban J connectivity index is 2.41. The monoisotopic (exact) mass is 218 g/mol. The van der Waals surface area contributed by atoms with Gasteiger partial charge in [0.1, 0.15) is 17.8 Å². The molecule has 0 aliphatic carbocycles. The fraction of sp³-hybridized carbons (Fsp3) is 0. The summed E-state index contributed by atoms with van der Waals surface area (Å²) in [6, 6.07) is 8.79. The fourth-order valence-electron chi connectivity index (χ4n) is 1.22. The number of aromatic nitrogens is 2. The Hall–Kier alpha value is -1.74. The lowest BCUT2D eigenvalue weighted by Crippen LogP contribution is -1.86. The molecule has 0 fully saturated rings. The molecule has 1 aromatic carbocycles. The van der Waals surface area contributed by atoms with Crippen LogP contribution in [-0.4, -0.2) is 16.3 Å². The Bertz CT molecular complexity index is 482. The Labute approximate surface area is 91.8 Å². The highest BCUT2D eigenvalue weighted by molar-refractivity contribution is 6.29. The van der Waals surface area contributed by atoms with E-state index in [9.17, 15) is 4.79 Å². The van der Waals surface area contributed by atoms with Crippen molar-refractivity contribution in [2.75, 3.05) is 0 Å². The number of hydrogen-bond donors (Lipinski definition) is 0.